The van der Waals surface area contributed by atoms with Crippen LogP contribution in [-0.4, -0.2) is 36.1 Å². The van der Waals surface area contributed by atoms with Crippen LogP contribution >= 0.6 is 11.6 Å². The van der Waals surface area contributed by atoms with Gasteiger partial charge >= 0.3 is 0 Å². The Balaban J connectivity index is 1.71. The highest BCUT2D eigenvalue weighted by molar-refractivity contribution is 6.31. The second kappa shape index (κ2) is 5.80. The zero-order valence-corrected chi connectivity index (χ0v) is 13.6. The first-order valence-corrected chi connectivity index (χ1v) is 8.04. The summed E-state index contributed by atoms with van der Waals surface area (Å²) in [6, 6.07) is 12.7. The van der Waals surface area contributed by atoms with Gasteiger partial charge in [-0.05, 0) is 29.0 Å². The first-order chi connectivity index (χ1) is 11.2. The number of rotatable bonds is 3. The Labute approximate surface area is 140 Å². The molecule has 23 heavy (non-hydrogen) atoms. The molecule has 4 rings (SSSR count). The van der Waals surface area contributed by atoms with E-state index in [1.165, 1.54) is 0 Å². The molecule has 4 nitrogen and oxygen atoms in total. The first-order valence-electron chi connectivity index (χ1n) is 7.66. The fourth-order valence-corrected chi connectivity index (χ4v) is 2.96. The maximum absolute atomic E-state index is 6.05. The highest BCUT2D eigenvalue weighted by Crippen LogP contribution is 2.26. The summed E-state index contributed by atoms with van der Waals surface area (Å²) >= 11 is 6.05. The number of fused-ring (bicyclic) bond motifs is 1. The molecule has 0 saturated carbocycles. The number of hydrogen-bond acceptors (Lipinski definition) is 4. The molecule has 116 valence electrons. The van der Waals surface area contributed by atoms with Crippen LogP contribution in [0.4, 0.5) is 5.82 Å². The SMILES string of the molecule is CN(c1cncc(-c2ccc3cc(Cl)ccc3c2)n1)C1CNC1. The van der Waals surface area contributed by atoms with Crippen LogP contribution < -0.4 is 10.2 Å². The molecule has 0 spiro atoms. The lowest BCUT2D eigenvalue weighted by atomic mass is 10.1. The summed E-state index contributed by atoms with van der Waals surface area (Å²) in [5.41, 5.74) is 1.95. The van der Waals surface area contributed by atoms with Crippen molar-refractivity contribution in [3.8, 4) is 11.3 Å². The van der Waals surface area contributed by atoms with Crippen molar-refractivity contribution in [1.82, 2.24) is 15.3 Å². The van der Waals surface area contributed by atoms with Crippen molar-refractivity contribution in [3.05, 3.63) is 53.8 Å². The summed E-state index contributed by atoms with van der Waals surface area (Å²) in [7, 11) is 2.07. The van der Waals surface area contributed by atoms with E-state index in [1.54, 1.807) is 0 Å². The van der Waals surface area contributed by atoms with Crippen LogP contribution in [0.3, 0.4) is 0 Å². The number of benzene rings is 2. The van der Waals surface area contributed by atoms with Gasteiger partial charge in [0.15, 0.2) is 0 Å². The summed E-state index contributed by atoms with van der Waals surface area (Å²) in [6.45, 7) is 2.00. The van der Waals surface area contributed by atoms with Crippen LogP contribution in [0.1, 0.15) is 0 Å². The number of hydrogen-bond donors (Lipinski definition) is 1. The molecule has 1 aromatic heterocycles. The number of anilines is 1. The topological polar surface area (TPSA) is 41.1 Å². The molecule has 1 aliphatic rings. The van der Waals surface area contributed by atoms with Gasteiger partial charge in [0.1, 0.15) is 5.82 Å². The van der Waals surface area contributed by atoms with E-state index in [4.69, 9.17) is 16.6 Å². The minimum Gasteiger partial charge on any atom is -0.353 e. The Morgan fingerprint density at radius 1 is 1.09 bits per heavy atom. The smallest absolute Gasteiger partial charge is 0.147 e. The fourth-order valence-electron chi connectivity index (χ4n) is 2.77. The van der Waals surface area contributed by atoms with Crippen molar-refractivity contribution in [2.24, 2.45) is 0 Å². The summed E-state index contributed by atoms with van der Waals surface area (Å²) in [5, 5.41) is 6.31. The quantitative estimate of drug-likeness (QED) is 0.802. The summed E-state index contributed by atoms with van der Waals surface area (Å²) in [5.74, 6) is 0.908. The number of aromatic nitrogens is 2. The maximum Gasteiger partial charge on any atom is 0.147 e. The summed E-state index contributed by atoms with van der Waals surface area (Å²) < 4.78 is 0. The molecule has 0 aliphatic carbocycles. The number of likely N-dealkylation sites (N-methyl/N-ethyl adjacent to an activating group) is 1. The van der Waals surface area contributed by atoms with E-state index in [-0.39, 0.29) is 0 Å². The van der Waals surface area contributed by atoms with Crippen LogP contribution in [0.5, 0.6) is 0 Å². The van der Waals surface area contributed by atoms with Gasteiger partial charge in [-0.15, -0.1) is 0 Å². The van der Waals surface area contributed by atoms with Gasteiger partial charge in [0.2, 0.25) is 0 Å². The lowest BCUT2D eigenvalue weighted by molar-refractivity contribution is 0.426. The molecule has 0 bridgehead atoms. The molecule has 3 aromatic rings. The molecule has 0 radical (unpaired) electrons. The second-order valence-corrected chi connectivity index (χ2v) is 6.33. The number of halogens is 1. The van der Waals surface area contributed by atoms with Crippen molar-refractivity contribution in [2.45, 2.75) is 6.04 Å². The zero-order chi connectivity index (χ0) is 15.8. The minimum atomic E-state index is 0.498. The summed E-state index contributed by atoms with van der Waals surface area (Å²) in [4.78, 5) is 11.3. The van der Waals surface area contributed by atoms with Crippen molar-refractivity contribution in [2.75, 3.05) is 25.0 Å². The van der Waals surface area contributed by atoms with E-state index in [2.05, 4.69) is 40.4 Å². The van der Waals surface area contributed by atoms with E-state index < -0.39 is 0 Å². The minimum absolute atomic E-state index is 0.498. The third-order valence-corrected chi connectivity index (χ3v) is 4.62. The monoisotopic (exact) mass is 324 g/mol. The van der Waals surface area contributed by atoms with Crippen LogP contribution in [0.2, 0.25) is 5.02 Å². The molecule has 1 fully saturated rings. The second-order valence-electron chi connectivity index (χ2n) is 5.89. The molecule has 2 heterocycles. The van der Waals surface area contributed by atoms with Crippen molar-refractivity contribution < 1.29 is 0 Å². The highest BCUT2D eigenvalue weighted by Gasteiger charge is 2.22. The van der Waals surface area contributed by atoms with Gasteiger partial charge in [0.05, 0.1) is 24.1 Å². The normalized spacial score (nSPS) is 14.7. The first kappa shape index (κ1) is 14.4. The Hall–Kier alpha value is -2.17. The van der Waals surface area contributed by atoms with E-state index in [0.717, 1.165) is 46.0 Å². The Bertz CT molecular complexity index is 861. The molecule has 0 amide bonds. The molecular formula is C18H17ClN4. The number of nitrogens with zero attached hydrogens (tertiary/aromatic N) is 3. The molecular weight excluding hydrogens is 308 g/mol. The van der Waals surface area contributed by atoms with Crippen LogP contribution in [-0.2, 0) is 0 Å². The van der Waals surface area contributed by atoms with Gasteiger partial charge in [0.25, 0.3) is 0 Å². The Morgan fingerprint density at radius 2 is 1.87 bits per heavy atom. The van der Waals surface area contributed by atoms with Crippen LogP contribution in [0.15, 0.2) is 48.8 Å². The fraction of sp³-hybridized carbons (Fsp3) is 0.222. The molecule has 1 aliphatic heterocycles. The van der Waals surface area contributed by atoms with Crippen LogP contribution in [0, 0.1) is 0 Å². The third-order valence-electron chi connectivity index (χ3n) is 4.39. The molecule has 5 heteroatoms. The van der Waals surface area contributed by atoms with Gasteiger partial charge < -0.3 is 10.2 Å². The zero-order valence-electron chi connectivity index (χ0n) is 12.8. The highest BCUT2D eigenvalue weighted by atomic mass is 35.5. The van der Waals surface area contributed by atoms with E-state index in [1.807, 2.05) is 30.6 Å². The lowest BCUT2D eigenvalue weighted by Gasteiger charge is -2.36. The average molecular weight is 325 g/mol. The van der Waals surface area contributed by atoms with Crippen LogP contribution in [0.25, 0.3) is 22.0 Å². The van der Waals surface area contributed by atoms with Gasteiger partial charge in [-0.1, -0.05) is 29.8 Å². The Kier molecular flexibility index (Phi) is 3.63. The maximum atomic E-state index is 6.05. The van der Waals surface area contributed by atoms with Crippen molar-refractivity contribution in [1.29, 1.82) is 0 Å². The predicted octanol–water partition coefficient (Wildman–Crippen LogP) is 3.36. The summed E-state index contributed by atoms with van der Waals surface area (Å²) in [6.07, 6.45) is 3.64. The van der Waals surface area contributed by atoms with Crippen molar-refractivity contribution in [3.63, 3.8) is 0 Å². The van der Waals surface area contributed by atoms with E-state index >= 15 is 0 Å². The largest absolute Gasteiger partial charge is 0.353 e. The number of nitrogens with one attached hydrogen (secondary N) is 1. The molecule has 1 N–H and O–H groups in total. The van der Waals surface area contributed by atoms with E-state index in [9.17, 15) is 0 Å². The predicted molar refractivity (Wildman–Crippen MR) is 95.0 cm³/mol. The molecule has 0 unspecified atom stereocenters. The van der Waals surface area contributed by atoms with Gasteiger partial charge in [0, 0.05) is 30.7 Å². The van der Waals surface area contributed by atoms with Gasteiger partial charge in [-0.3, -0.25) is 4.98 Å². The molecule has 0 atom stereocenters. The Morgan fingerprint density at radius 3 is 2.65 bits per heavy atom. The standard InChI is InChI=1S/C18H17ClN4/c1-23(16-8-20-9-16)18-11-21-10-17(22-18)14-3-2-13-7-15(19)5-4-12(13)6-14/h2-7,10-11,16,20H,8-9H2,1H3. The average Bonchev–Trinajstić information content (AvgIpc) is 2.53. The third kappa shape index (κ3) is 2.76. The molecule has 1 saturated heterocycles. The lowest BCUT2D eigenvalue weighted by Crippen LogP contribution is -2.56. The molecule has 2 aromatic carbocycles. The van der Waals surface area contributed by atoms with E-state index in [0.29, 0.717) is 6.04 Å². The van der Waals surface area contributed by atoms with Crippen molar-refractivity contribution >= 4 is 28.2 Å². The van der Waals surface area contributed by atoms with Gasteiger partial charge in [-0.25, -0.2) is 4.98 Å². The van der Waals surface area contributed by atoms with Gasteiger partial charge in [-0.2, -0.15) is 0 Å².